The zero-order valence-corrected chi connectivity index (χ0v) is 17.4. The van der Waals surface area contributed by atoms with Crippen molar-refractivity contribution in [2.75, 3.05) is 13.2 Å². The minimum absolute atomic E-state index is 0.274. The molecule has 0 aromatic heterocycles. The lowest BCUT2D eigenvalue weighted by atomic mass is 10.0. The zero-order valence-electron chi connectivity index (χ0n) is 17.4. The second kappa shape index (κ2) is 19.2. The van der Waals surface area contributed by atoms with Crippen LogP contribution in [-0.4, -0.2) is 25.2 Å². The van der Waals surface area contributed by atoms with Gasteiger partial charge < -0.3 is 9.47 Å². The molecule has 0 aliphatic heterocycles. The SMILES string of the molecule is C=CC(=O)OCCCCCCCCCCCCCCCCOC(=O)C(=C)C. The molecule has 0 aromatic rings. The van der Waals surface area contributed by atoms with Crippen LogP contribution >= 0.6 is 0 Å². The third kappa shape index (κ3) is 19.0. The Morgan fingerprint density at radius 2 is 1.00 bits per heavy atom. The number of hydrogen-bond donors (Lipinski definition) is 0. The van der Waals surface area contributed by atoms with Crippen molar-refractivity contribution in [1.82, 2.24) is 0 Å². The molecule has 0 radical (unpaired) electrons. The Morgan fingerprint density at radius 1 is 0.667 bits per heavy atom. The van der Waals surface area contributed by atoms with Gasteiger partial charge in [-0.25, -0.2) is 9.59 Å². The van der Waals surface area contributed by atoms with Gasteiger partial charge in [0.1, 0.15) is 0 Å². The fourth-order valence-corrected chi connectivity index (χ4v) is 2.85. The third-order valence-corrected chi connectivity index (χ3v) is 4.53. The Labute approximate surface area is 166 Å². The van der Waals surface area contributed by atoms with E-state index in [1.54, 1.807) is 6.92 Å². The first-order valence-electron chi connectivity index (χ1n) is 10.7. The van der Waals surface area contributed by atoms with Crippen molar-refractivity contribution >= 4 is 11.9 Å². The molecule has 0 saturated carbocycles. The van der Waals surface area contributed by atoms with Crippen molar-refractivity contribution in [3.63, 3.8) is 0 Å². The van der Waals surface area contributed by atoms with Crippen molar-refractivity contribution in [1.29, 1.82) is 0 Å². The van der Waals surface area contributed by atoms with E-state index >= 15 is 0 Å². The van der Waals surface area contributed by atoms with E-state index in [0.717, 1.165) is 25.7 Å². The van der Waals surface area contributed by atoms with Crippen LogP contribution in [0.15, 0.2) is 24.8 Å². The largest absolute Gasteiger partial charge is 0.463 e. The molecule has 0 aliphatic carbocycles. The highest BCUT2D eigenvalue weighted by Gasteiger charge is 2.01. The predicted octanol–water partition coefficient (Wildman–Crippen LogP) is 6.30. The van der Waals surface area contributed by atoms with Crippen LogP contribution in [0, 0.1) is 0 Å². The van der Waals surface area contributed by atoms with Crippen LogP contribution in [-0.2, 0) is 19.1 Å². The number of hydrogen-bond acceptors (Lipinski definition) is 4. The quantitative estimate of drug-likeness (QED) is 0.150. The van der Waals surface area contributed by atoms with Crippen LogP contribution in [0.1, 0.15) is 96.8 Å². The standard InChI is InChI=1S/C23H40O4/c1-4-22(24)26-19-17-15-13-11-9-7-5-6-8-10-12-14-16-18-20-27-23(25)21(2)3/h4H,1-2,5-20H2,3H3. The molecule has 156 valence electrons. The molecule has 27 heavy (non-hydrogen) atoms. The molecule has 0 heterocycles. The van der Waals surface area contributed by atoms with Crippen LogP contribution in [0.3, 0.4) is 0 Å². The minimum Gasteiger partial charge on any atom is -0.463 e. The van der Waals surface area contributed by atoms with Gasteiger partial charge in [0, 0.05) is 11.6 Å². The molecule has 0 N–H and O–H groups in total. The fraction of sp³-hybridized carbons (Fsp3) is 0.739. The summed E-state index contributed by atoms with van der Waals surface area (Å²) < 4.78 is 10.0. The molecule has 0 amide bonds. The molecule has 0 atom stereocenters. The van der Waals surface area contributed by atoms with Gasteiger partial charge in [-0.15, -0.1) is 0 Å². The van der Waals surface area contributed by atoms with Crippen molar-refractivity contribution in [3.8, 4) is 0 Å². The predicted molar refractivity (Wildman–Crippen MR) is 112 cm³/mol. The normalized spacial score (nSPS) is 10.4. The highest BCUT2D eigenvalue weighted by molar-refractivity contribution is 5.86. The van der Waals surface area contributed by atoms with Gasteiger partial charge in [0.05, 0.1) is 13.2 Å². The highest BCUT2D eigenvalue weighted by Crippen LogP contribution is 2.13. The van der Waals surface area contributed by atoms with Gasteiger partial charge >= 0.3 is 11.9 Å². The average Bonchev–Trinajstić information content (AvgIpc) is 2.66. The molecule has 4 nitrogen and oxygen atoms in total. The minimum atomic E-state index is -0.320. The lowest BCUT2D eigenvalue weighted by Crippen LogP contribution is -2.05. The molecule has 0 aliphatic rings. The first kappa shape index (κ1) is 25.4. The van der Waals surface area contributed by atoms with E-state index in [-0.39, 0.29) is 11.9 Å². The first-order valence-corrected chi connectivity index (χ1v) is 10.7. The monoisotopic (exact) mass is 380 g/mol. The second-order valence-electron chi connectivity index (χ2n) is 7.24. The van der Waals surface area contributed by atoms with Crippen LogP contribution in [0.2, 0.25) is 0 Å². The van der Waals surface area contributed by atoms with E-state index in [9.17, 15) is 9.59 Å². The molecule has 0 spiro atoms. The molecular weight excluding hydrogens is 340 g/mol. The lowest BCUT2D eigenvalue weighted by molar-refractivity contribution is -0.139. The number of rotatable bonds is 19. The van der Waals surface area contributed by atoms with E-state index in [1.807, 2.05) is 0 Å². The summed E-state index contributed by atoms with van der Waals surface area (Å²) in [5, 5.41) is 0. The van der Waals surface area contributed by atoms with E-state index in [4.69, 9.17) is 9.47 Å². The first-order chi connectivity index (χ1) is 13.1. The molecule has 0 aromatic carbocycles. The highest BCUT2D eigenvalue weighted by atomic mass is 16.5. The summed E-state index contributed by atoms with van der Waals surface area (Å²) in [6.07, 6.45) is 18.4. The molecule has 0 unspecified atom stereocenters. The fourth-order valence-electron chi connectivity index (χ4n) is 2.85. The van der Waals surface area contributed by atoms with Crippen LogP contribution < -0.4 is 0 Å². The molecule has 0 bridgehead atoms. The summed E-state index contributed by atoms with van der Waals surface area (Å²) in [5.74, 6) is -0.594. The van der Waals surface area contributed by atoms with Crippen molar-refractivity contribution in [3.05, 3.63) is 24.8 Å². The van der Waals surface area contributed by atoms with Crippen LogP contribution in [0.25, 0.3) is 0 Å². The molecule has 0 saturated heterocycles. The van der Waals surface area contributed by atoms with Crippen LogP contribution in [0.5, 0.6) is 0 Å². The second-order valence-corrected chi connectivity index (χ2v) is 7.24. The zero-order chi connectivity index (χ0) is 20.2. The maximum atomic E-state index is 11.2. The van der Waals surface area contributed by atoms with Gasteiger partial charge in [-0.1, -0.05) is 90.2 Å². The summed E-state index contributed by atoms with van der Waals surface area (Å²) in [4.78, 5) is 22.1. The summed E-state index contributed by atoms with van der Waals surface area (Å²) in [6.45, 7) is 9.65. The van der Waals surface area contributed by atoms with E-state index < -0.39 is 0 Å². The number of esters is 2. The number of carbonyl (C=O) groups excluding carboxylic acids is 2. The maximum Gasteiger partial charge on any atom is 0.333 e. The Morgan fingerprint density at radius 3 is 1.33 bits per heavy atom. The Bertz CT molecular complexity index is 415. The summed E-state index contributed by atoms with van der Waals surface area (Å²) >= 11 is 0. The Balaban J connectivity index is 3.11. The van der Waals surface area contributed by atoms with E-state index in [2.05, 4.69) is 13.2 Å². The Kier molecular flexibility index (Phi) is 18.1. The number of unbranched alkanes of at least 4 members (excludes halogenated alkanes) is 13. The Hall–Kier alpha value is -1.58. The van der Waals surface area contributed by atoms with Crippen molar-refractivity contribution in [2.45, 2.75) is 96.8 Å². The molecule has 4 heteroatoms. The van der Waals surface area contributed by atoms with E-state index in [0.29, 0.717) is 18.8 Å². The number of carbonyl (C=O) groups is 2. The van der Waals surface area contributed by atoms with Gasteiger partial charge in [-0.3, -0.25) is 0 Å². The summed E-state index contributed by atoms with van der Waals surface area (Å²) in [6, 6.07) is 0. The number of ether oxygens (including phenoxy) is 2. The van der Waals surface area contributed by atoms with Crippen molar-refractivity contribution in [2.24, 2.45) is 0 Å². The van der Waals surface area contributed by atoms with Gasteiger partial charge in [-0.05, 0) is 19.8 Å². The van der Waals surface area contributed by atoms with Gasteiger partial charge in [0.25, 0.3) is 0 Å². The maximum absolute atomic E-state index is 11.2. The van der Waals surface area contributed by atoms with Crippen LogP contribution in [0.4, 0.5) is 0 Å². The van der Waals surface area contributed by atoms with Gasteiger partial charge in [0.15, 0.2) is 0 Å². The topological polar surface area (TPSA) is 52.6 Å². The van der Waals surface area contributed by atoms with Gasteiger partial charge in [0.2, 0.25) is 0 Å². The summed E-state index contributed by atoms with van der Waals surface area (Å²) in [7, 11) is 0. The van der Waals surface area contributed by atoms with E-state index in [1.165, 1.54) is 70.3 Å². The van der Waals surface area contributed by atoms with Crippen molar-refractivity contribution < 1.29 is 19.1 Å². The average molecular weight is 381 g/mol. The van der Waals surface area contributed by atoms with Gasteiger partial charge in [-0.2, -0.15) is 0 Å². The summed E-state index contributed by atoms with van der Waals surface area (Å²) in [5.41, 5.74) is 0.474. The smallest absolute Gasteiger partial charge is 0.333 e. The third-order valence-electron chi connectivity index (χ3n) is 4.53. The lowest BCUT2D eigenvalue weighted by Gasteiger charge is -2.05. The molecular formula is C23H40O4. The molecule has 0 fully saturated rings. The molecule has 0 rings (SSSR count).